The van der Waals surface area contributed by atoms with Gasteiger partial charge >= 0.3 is 0 Å². The summed E-state index contributed by atoms with van der Waals surface area (Å²) in [6.07, 6.45) is 2.57. The zero-order valence-corrected chi connectivity index (χ0v) is 13.9. The van der Waals surface area contributed by atoms with E-state index in [1.54, 1.807) is 6.08 Å². The third-order valence-corrected chi connectivity index (χ3v) is 2.44. The van der Waals surface area contributed by atoms with E-state index in [-0.39, 0.29) is 42.4 Å². The number of anilines is 1. The molecule has 0 aliphatic rings. The number of hydrogen-bond donors (Lipinski definition) is 3. The van der Waals surface area contributed by atoms with Crippen molar-refractivity contribution in [2.24, 2.45) is 10.7 Å². The molecule has 1 aromatic carbocycles. The van der Waals surface area contributed by atoms with Gasteiger partial charge < -0.3 is 16.4 Å². The molecule has 4 N–H and O–H groups in total. The topological polar surface area (TPSA) is 79.5 Å². The maximum absolute atomic E-state index is 11.3. The summed E-state index contributed by atoms with van der Waals surface area (Å²) < 4.78 is 0. The van der Waals surface area contributed by atoms with Crippen molar-refractivity contribution in [3.8, 4) is 0 Å². The molecule has 0 fully saturated rings. The van der Waals surface area contributed by atoms with Crippen molar-refractivity contribution in [2.45, 2.75) is 13.3 Å². The Labute approximate surface area is 136 Å². The smallest absolute Gasteiger partial charge is 0.242 e. The van der Waals surface area contributed by atoms with Crippen LogP contribution in [0.2, 0.25) is 0 Å². The van der Waals surface area contributed by atoms with Crippen LogP contribution in [0.15, 0.2) is 41.9 Å². The highest BCUT2D eigenvalue weighted by Gasteiger charge is 1.99. The summed E-state index contributed by atoms with van der Waals surface area (Å²) in [5, 5.41) is 5.58. The molecule has 0 atom stereocenters. The van der Waals surface area contributed by atoms with Crippen LogP contribution in [0, 0.1) is 0 Å². The largest absolute Gasteiger partial charge is 0.370 e. The van der Waals surface area contributed by atoms with Crippen LogP contribution < -0.4 is 16.4 Å². The van der Waals surface area contributed by atoms with Crippen molar-refractivity contribution in [3.63, 3.8) is 0 Å². The van der Waals surface area contributed by atoms with E-state index in [4.69, 9.17) is 5.73 Å². The number of carbonyl (C=O) groups excluding carboxylic acids is 1. The monoisotopic (exact) mass is 388 g/mol. The number of halogens is 1. The van der Waals surface area contributed by atoms with Gasteiger partial charge in [-0.05, 0) is 24.1 Å². The molecule has 0 aromatic heterocycles. The summed E-state index contributed by atoms with van der Waals surface area (Å²) in [5.74, 6) is 0.0361. The quantitative estimate of drug-likeness (QED) is 0.302. The molecule has 0 radical (unpaired) electrons. The highest BCUT2D eigenvalue weighted by Crippen LogP contribution is 2.10. The van der Waals surface area contributed by atoms with Crippen LogP contribution in [0.4, 0.5) is 5.69 Å². The second-order valence-corrected chi connectivity index (χ2v) is 3.97. The lowest BCUT2D eigenvalue weighted by molar-refractivity contribution is -0.119. The van der Waals surface area contributed by atoms with Gasteiger partial charge in [0.25, 0.3) is 0 Å². The van der Waals surface area contributed by atoms with Gasteiger partial charge in [-0.3, -0.25) is 4.79 Å². The Morgan fingerprint density at radius 2 is 2.25 bits per heavy atom. The van der Waals surface area contributed by atoms with E-state index >= 15 is 0 Å². The normalized spacial score (nSPS) is 10.3. The lowest BCUT2D eigenvalue weighted by Gasteiger charge is -2.07. The summed E-state index contributed by atoms with van der Waals surface area (Å²) in [4.78, 5) is 15.3. The fourth-order valence-electron chi connectivity index (χ4n) is 1.46. The van der Waals surface area contributed by atoms with Gasteiger partial charge in [0, 0.05) is 12.2 Å². The van der Waals surface area contributed by atoms with E-state index in [0.717, 1.165) is 12.1 Å². The summed E-state index contributed by atoms with van der Waals surface area (Å²) in [7, 11) is 0. The van der Waals surface area contributed by atoms with Crippen LogP contribution in [0.1, 0.15) is 12.5 Å². The van der Waals surface area contributed by atoms with E-state index in [9.17, 15) is 4.79 Å². The lowest BCUT2D eigenvalue weighted by Crippen LogP contribution is -2.29. The number of aryl methyl sites for hydroxylation is 1. The predicted octanol–water partition coefficient (Wildman–Crippen LogP) is 1.90. The van der Waals surface area contributed by atoms with Gasteiger partial charge in [0.05, 0.1) is 0 Å². The number of nitrogens with one attached hydrogen (secondary N) is 2. The average molecular weight is 388 g/mol. The van der Waals surface area contributed by atoms with Gasteiger partial charge in [-0.25, -0.2) is 4.99 Å². The minimum Gasteiger partial charge on any atom is -0.370 e. The third kappa shape index (κ3) is 7.13. The van der Waals surface area contributed by atoms with Crippen LogP contribution in [0.3, 0.4) is 0 Å². The van der Waals surface area contributed by atoms with Crippen molar-refractivity contribution in [1.82, 2.24) is 5.32 Å². The standard InChI is InChI=1S/C14H20N4O.HI/c1-3-8-16-13(19)10-17-14(15)18-12-7-5-6-11(4-2)9-12;/h3,5-7,9H,1,4,8,10H2,2H3,(H,16,19)(H3,15,17,18);1H. The van der Waals surface area contributed by atoms with E-state index in [2.05, 4.69) is 29.1 Å². The molecule has 0 unspecified atom stereocenters. The minimum absolute atomic E-state index is 0. The SMILES string of the molecule is C=CCNC(=O)CN=C(N)Nc1cccc(CC)c1.I. The second-order valence-electron chi connectivity index (χ2n) is 3.97. The first-order valence-corrected chi connectivity index (χ1v) is 6.19. The first-order valence-electron chi connectivity index (χ1n) is 6.19. The van der Waals surface area contributed by atoms with Crippen LogP contribution in [-0.2, 0) is 11.2 Å². The van der Waals surface area contributed by atoms with E-state index in [1.165, 1.54) is 5.56 Å². The number of amides is 1. The lowest BCUT2D eigenvalue weighted by atomic mass is 10.1. The Bertz CT molecular complexity index is 474. The highest BCUT2D eigenvalue weighted by molar-refractivity contribution is 14.0. The molecule has 5 nitrogen and oxygen atoms in total. The summed E-state index contributed by atoms with van der Waals surface area (Å²) >= 11 is 0. The van der Waals surface area contributed by atoms with Crippen molar-refractivity contribution < 1.29 is 4.79 Å². The Kier molecular flexibility index (Phi) is 9.44. The summed E-state index contributed by atoms with van der Waals surface area (Å²) in [6, 6.07) is 7.89. The summed E-state index contributed by atoms with van der Waals surface area (Å²) in [5.41, 5.74) is 7.79. The van der Waals surface area contributed by atoms with Crippen LogP contribution in [0.25, 0.3) is 0 Å². The number of rotatable bonds is 6. The average Bonchev–Trinajstić information content (AvgIpc) is 2.43. The zero-order valence-electron chi connectivity index (χ0n) is 11.6. The van der Waals surface area contributed by atoms with Gasteiger partial charge in [-0.15, -0.1) is 30.6 Å². The number of hydrogen-bond acceptors (Lipinski definition) is 2. The molecule has 0 saturated carbocycles. The maximum atomic E-state index is 11.3. The molecule has 110 valence electrons. The van der Waals surface area contributed by atoms with E-state index in [1.807, 2.05) is 24.3 Å². The number of guanidine groups is 1. The first kappa shape index (κ1) is 18.4. The maximum Gasteiger partial charge on any atom is 0.242 e. The Morgan fingerprint density at radius 1 is 1.50 bits per heavy atom. The molecular weight excluding hydrogens is 367 g/mol. The Morgan fingerprint density at radius 3 is 2.90 bits per heavy atom. The number of carbonyl (C=O) groups is 1. The number of benzene rings is 1. The van der Waals surface area contributed by atoms with Gasteiger partial charge in [0.2, 0.25) is 5.91 Å². The molecule has 6 heteroatoms. The van der Waals surface area contributed by atoms with Crippen molar-refractivity contribution in [2.75, 3.05) is 18.4 Å². The van der Waals surface area contributed by atoms with Crippen molar-refractivity contribution in [1.29, 1.82) is 0 Å². The molecule has 0 bridgehead atoms. The first-order chi connectivity index (χ1) is 9.15. The minimum atomic E-state index is -0.188. The van der Waals surface area contributed by atoms with Crippen LogP contribution in [-0.4, -0.2) is 25.0 Å². The van der Waals surface area contributed by atoms with Crippen molar-refractivity contribution in [3.05, 3.63) is 42.5 Å². The van der Waals surface area contributed by atoms with Gasteiger partial charge in [-0.1, -0.05) is 25.1 Å². The summed E-state index contributed by atoms with van der Waals surface area (Å²) in [6.45, 7) is 6.03. The van der Waals surface area contributed by atoms with Gasteiger partial charge in [0.1, 0.15) is 6.54 Å². The molecule has 0 heterocycles. The van der Waals surface area contributed by atoms with Gasteiger partial charge in [0.15, 0.2) is 5.96 Å². The second kappa shape index (κ2) is 10.2. The van der Waals surface area contributed by atoms with Crippen molar-refractivity contribution >= 4 is 41.5 Å². The zero-order chi connectivity index (χ0) is 14.1. The predicted molar refractivity (Wildman–Crippen MR) is 94.6 cm³/mol. The molecule has 1 rings (SSSR count). The fourth-order valence-corrected chi connectivity index (χ4v) is 1.46. The highest BCUT2D eigenvalue weighted by atomic mass is 127. The fraction of sp³-hybridized carbons (Fsp3) is 0.286. The molecule has 0 aliphatic heterocycles. The third-order valence-electron chi connectivity index (χ3n) is 2.44. The number of aliphatic imine (C=N–C) groups is 1. The number of nitrogens with two attached hydrogens (primary N) is 1. The molecule has 1 amide bonds. The Balaban J connectivity index is 0.00000361. The Hall–Kier alpha value is -1.57. The molecule has 20 heavy (non-hydrogen) atoms. The molecule has 0 spiro atoms. The van der Waals surface area contributed by atoms with E-state index in [0.29, 0.717) is 6.54 Å². The molecular formula is C14H21IN4O. The van der Waals surface area contributed by atoms with Crippen LogP contribution in [0.5, 0.6) is 0 Å². The van der Waals surface area contributed by atoms with E-state index < -0.39 is 0 Å². The van der Waals surface area contributed by atoms with Crippen LogP contribution >= 0.6 is 24.0 Å². The van der Waals surface area contributed by atoms with Gasteiger partial charge in [-0.2, -0.15) is 0 Å². The molecule has 1 aromatic rings. The molecule has 0 aliphatic carbocycles. The number of nitrogens with zero attached hydrogens (tertiary/aromatic N) is 1. The molecule has 0 saturated heterocycles.